The lowest BCUT2D eigenvalue weighted by Crippen LogP contribution is -2.70. The first-order valence-electron chi connectivity index (χ1n) is 14.4. The Morgan fingerprint density at radius 3 is 2.63 bits per heavy atom. The first-order valence-corrected chi connectivity index (χ1v) is 14.4. The molecule has 41 heavy (non-hydrogen) atoms. The summed E-state index contributed by atoms with van der Waals surface area (Å²) in [6.45, 7) is 3.25. The molecule has 1 saturated carbocycles. The molecule has 1 saturated heterocycles. The molecule has 7 rings (SSSR count). The normalized spacial score (nSPS) is 28.1. The van der Waals surface area contributed by atoms with E-state index < -0.39 is 28.1 Å². The van der Waals surface area contributed by atoms with Gasteiger partial charge in [0, 0.05) is 49.6 Å². The van der Waals surface area contributed by atoms with Crippen molar-refractivity contribution in [2.45, 2.75) is 56.5 Å². The van der Waals surface area contributed by atoms with Crippen LogP contribution < -0.4 is 16.0 Å². The fraction of sp³-hybridized carbons (Fsp3) is 0.406. The molecule has 212 valence electrons. The molecular formula is C32H33F2N5O2. The third-order valence-electron chi connectivity index (χ3n) is 9.74. The molecule has 0 unspecified atom stereocenters. The van der Waals surface area contributed by atoms with E-state index >= 15 is 0 Å². The number of rotatable bonds is 4. The highest BCUT2D eigenvalue weighted by Gasteiger charge is 2.54. The average Bonchev–Trinajstić information content (AvgIpc) is 3.65. The molecule has 3 aliphatic heterocycles. The summed E-state index contributed by atoms with van der Waals surface area (Å²) in [5, 5.41) is 9.74. The van der Waals surface area contributed by atoms with Crippen LogP contribution in [-0.2, 0) is 28.0 Å². The Morgan fingerprint density at radius 1 is 1.07 bits per heavy atom. The summed E-state index contributed by atoms with van der Waals surface area (Å²) in [6, 6.07) is 5.56. The average molecular weight is 558 g/mol. The van der Waals surface area contributed by atoms with Gasteiger partial charge in [0.15, 0.2) is 0 Å². The maximum atomic E-state index is 14.3. The lowest BCUT2D eigenvalue weighted by atomic mass is 9.78. The fourth-order valence-electron chi connectivity index (χ4n) is 7.43. The van der Waals surface area contributed by atoms with E-state index in [1.54, 1.807) is 11.1 Å². The van der Waals surface area contributed by atoms with Crippen molar-refractivity contribution < 1.29 is 18.4 Å². The van der Waals surface area contributed by atoms with Gasteiger partial charge >= 0.3 is 0 Å². The minimum atomic E-state index is -0.927. The molecule has 1 aromatic heterocycles. The van der Waals surface area contributed by atoms with Crippen molar-refractivity contribution in [2.75, 3.05) is 19.6 Å². The van der Waals surface area contributed by atoms with Crippen molar-refractivity contribution in [1.29, 1.82) is 0 Å². The first kappa shape index (κ1) is 26.1. The van der Waals surface area contributed by atoms with Gasteiger partial charge in [0.05, 0.1) is 16.5 Å². The Morgan fingerprint density at radius 2 is 1.85 bits per heavy atom. The summed E-state index contributed by atoms with van der Waals surface area (Å²) in [5.74, 6) is -0.552. The van der Waals surface area contributed by atoms with Crippen molar-refractivity contribution in [2.24, 2.45) is 5.41 Å². The quantitative estimate of drug-likeness (QED) is 0.535. The molecule has 1 aromatic carbocycles. The van der Waals surface area contributed by atoms with Gasteiger partial charge < -0.3 is 20.9 Å². The summed E-state index contributed by atoms with van der Waals surface area (Å²) in [5.41, 5.74) is 2.07. The van der Waals surface area contributed by atoms with E-state index in [4.69, 9.17) is 4.98 Å². The number of allylic oxidation sites excluding steroid dienone is 1. The van der Waals surface area contributed by atoms with Crippen LogP contribution in [-0.4, -0.2) is 46.9 Å². The summed E-state index contributed by atoms with van der Waals surface area (Å²) in [6.07, 6.45) is 14.3. The van der Waals surface area contributed by atoms with E-state index in [9.17, 15) is 18.4 Å². The summed E-state index contributed by atoms with van der Waals surface area (Å²) >= 11 is 0. The second-order valence-corrected chi connectivity index (χ2v) is 12.2. The highest BCUT2D eigenvalue weighted by molar-refractivity contribution is 5.93. The zero-order chi connectivity index (χ0) is 28.4. The van der Waals surface area contributed by atoms with Gasteiger partial charge in [-0.2, -0.15) is 0 Å². The first-order chi connectivity index (χ1) is 19.7. The maximum absolute atomic E-state index is 14.3. The van der Waals surface area contributed by atoms with Gasteiger partial charge in [-0.3, -0.25) is 14.6 Å². The Hall–Kier alpha value is -3.85. The Labute approximate surface area is 237 Å². The van der Waals surface area contributed by atoms with Gasteiger partial charge in [-0.05, 0) is 61.1 Å². The van der Waals surface area contributed by atoms with Crippen LogP contribution in [0.25, 0.3) is 6.08 Å². The number of hydrogen-bond acceptors (Lipinski definition) is 5. The molecule has 0 bridgehead atoms. The topological polar surface area (TPSA) is 86.4 Å². The molecule has 2 amide bonds. The lowest BCUT2D eigenvalue weighted by molar-refractivity contribution is -0.149. The zero-order valence-electron chi connectivity index (χ0n) is 23.0. The minimum absolute atomic E-state index is 0.00257. The predicted octanol–water partition coefficient (Wildman–Crippen LogP) is 3.62. The number of dihydropyridines is 1. The fourth-order valence-corrected chi connectivity index (χ4v) is 7.43. The number of carbonyl (C=O) groups excluding carboxylic acids is 2. The molecule has 7 nitrogen and oxygen atoms in total. The molecule has 5 aliphatic rings. The third kappa shape index (κ3) is 4.04. The number of amides is 2. The Bertz CT molecular complexity index is 1540. The molecule has 0 radical (unpaired) electrons. The number of carbonyl (C=O) groups is 2. The van der Waals surface area contributed by atoms with Crippen LogP contribution in [0, 0.1) is 17.0 Å². The van der Waals surface area contributed by atoms with Crippen LogP contribution in [0.2, 0.25) is 0 Å². The maximum Gasteiger partial charge on any atom is 0.243 e. The number of nitrogens with zero attached hydrogens (tertiary/aromatic N) is 2. The van der Waals surface area contributed by atoms with Crippen molar-refractivity contribution in [3.05, 3.63) is 94.1 Å². The van der Waals surface area contributed by atoms with Crippen LogP contribution >= 0.6 is 0 Å². The number of piperazine rings is 1. The number of halogens is 2. The van der Waals surface area contributed by atoms with Gasteiger partial charge in [-0.25, -0.2) is 8.78 Å². The standard InChI is InChI=1S/C32H33F2N5O2/c1-30(22-13-23(33)15-24(34)14-22)19-37-32(8-2-3-9-32)29(41)39(30)11-5-6-20-12-21-16-31(17-26(21)36-18-20)25-7-4-10-35-27(25)38-28(31)40/h4-7,12-15,18,35,37H,2-3,8-11,16-17,19H2,1H3,(H,38,40)/b6-5+/t30-,31-/m0/s1. The van der Waals surface area contributed by atoms with E-state index in [-0.39, 0.29) is 18.4 Å². The monoisotopic (exact) mass is 557 g/mol. The zero-order valence-corrected chi connectivity index (χ0v) is 23.0. The Balaban J connectivity index is 1.15. The highest BCUT2D eigenvalue weighted by Crippen LogP contribution is 2.47. The molecule has 2 atom stereocenters. The summed E-state index contributed by atoms with van der Waals surface area (Å²) in [4.78, 5) is 33.5. The van der Waals surface area contributed by atoms with Crippen molar-refractivity contribution >= 4 is 17.9 Å². The highest BCUT2D eigenvalue weighted by atomic mass is 19.1. The minimum Gasteiger partial charge on any atom is -0.368 e. The molecule has 2 fully saturated rings. The molecular weight excluding hydrogens is 524 g/mol. The summed E-state index contributed by atoms with van der Waals surface area (Å²) < 4.78 is 28.5. The van der Waals surface area contributed by atoms with Crippen molar-refractivity contribution in [1.82, 2.24) is 25.8 Å². The second kappa shape index (κ2) is 9.34. The van der Waals surface area contributed by atoms with E-state index in [2.05, 4.69) is 22.0 Å². The molecule has 2 aromatic rings. The van der Waals surface area contributed by atoms with E-state index in [1.807, 2.05) is 31.2 Å². The number of hydrogen-bond donors (Lipinski definition) is 3. The van der Waals surface area contributed by atoms with Crippen LogP contribution in [0.5, 0.6) is 0 Å². The smallest absolute Gasteiger partial charge is 0.243 e. The van der Waals surface area contributed by atoms with Gasteiger partial charge in [0.25, 0.3) is 0 Å². The van der Waals surface area contributed by atoms with Crippen LogP contribution in [0.15, 0.2) is 60.1 Å². The van der Waals surface area contributed by atoms with E-state index in [0.717, 1.165) is 60.0 Å². The lowest BCUT2D eigenvalue weighted by Gasteiger charge is -2.51. The largest absolute Gasteiger partial charge is 0.368 e. The number of pyridine rings is 1. The predicted molar refractivity (Wildman–Crippen MR) is 150 cm³/mol. The van der Waals surface area contributed by atoms with Gasteiger partial charge in [0.1, 0.15) is 17.5 Å². The molecule has 2 aliphatic carbocycles. The van der Waals surface area contributed by atoms with Gasteiger partial charge in [-0.1, -0.05) is 37.1 Å². The van der Waals surface area contributed by atoms with Gasteiger partial charge in [0.2, 0.25) is 11.8 Å². The SMILES string of the molecule is C[C@@]1(c2cc(F)cc(F)c2)CNC2(CCCC2)C(=O)N1C/C=C/c1cnc2c(c1)C[C@@]1(C2)C(=O)NC2=C1C=CCN2. The molecule has 2 spiro atoms. The summed E-state index contributed by atoms with van der Waals surface area (Å²) in [7, 11) is 0. The second-order valence-electron chi connectivity index (χ2n) is 12.2. The van der Waals surface area contributed by atoms with Gasteiger partial charge in [-0.15, -0.1) is 0 Å². The van der Waals surface area contributed by atoms with Crippen LogP contribution in [0.1, 0.15) is 55.0 Å². The van der Waals surface area contributed by atoms with Crippen molar-refractivity contribution in [3.63, 3.8) is 0 Å². The number of fused-ring (bicyclic) bond motifs is 2. The Kier molecular flexibility index (Phi) is 5.94. The molecule has 4 heterocycles. The van der Waals surface area contributed by atoms with E-state index in [1.165, 1.54) is 12.1 Å². The molecule has 3 N–H and O–H groups in total. The third-order valence-corrected chi connectivity index (χ3v) is 9.74. The molecule has 9 heteroatoms. The van der Waals surface area contributed by atoms with Crippen LogP contribution in [0.4, 0.5) is 8.78 Å². The number of benzene rings is 1. The van der Waals surface area contributed by atoms with E-state index in [0.29, 0.717) is 31.5 Å². The number of aromatic nitrogens is 1. The van der Waals surface area contributed by atoms with Crippen molar-refractivity contribution in [3.8, 4) is 0 Å². The number of nitrogens with one attached hydrogen (secondary N) is 3. The van der Waals surface area contributed by atoms with Crippen LogP contribution in [0.3, 0.4) is 0 Å².